The molecule has 0 aliphatic rings. The van der Waals surface area contributed by atoms with Crippen molar-refractivity contribution in [3.05, 3.63) is 105 Å². The Labute approximate surface area is 314 Å². The average Bonchev–Trinajstić information content (AvgIpc) is 3.10. The van der Waals surface area contributed by atoms with Crippen molar-refractivity contribution in [1.29, 1.82) is 0 Å². The molecule has 0 saturated heterocycles. The van der Waals surface area contributed by atoms with Gasteiger partial charge in [-0.15, -0.1) is 0 Å². The minimum atomic E-state index is -2.26. The number of nitrogens with two attached hydrogens (primary N) is 3. The number of anilines is 3. The van der Waals surface area contributed by atoms with Crippen LogP contribution in [0.1, 0.15) is 94.3 Å². The molecule has 3 aromatic heterocycles. The van der Waals surface area contributed by atoms with Crippen LogP contribution in [0.4, 0.5) is 17.1 Å². The molecule has 0 radical (unpaired) electrons. The maximum Gasteiger partial charge on any atom is 0.0708 e. The van der Waals surface area contributed by atoms with E-state index in [9.17, 15) is 0 Å². The van der Waals surface area contributed by atoms with Gasteiger partial charge in [0.2, 0.25) is 0 Å². The third-order valence-electron chi connectivity index (χ3n) is 7.02. The predicted molar refractivity (Wildman–Crippen MR) is 210 cm³/mol. The van der Waals surface area contributed by atoms with Crippen LogP contribution in [-0.2, 0) is 16.2 Å². The van der Waals surface area contributed by atoms with E-state index in [2.05, 4.69) is 15.0 Å². The number of aromatic nitrogens is 3. The first-order chi connectivity index (χ1) is 26.7. The summed E-state index contributed by atoms with van der Waals surface area (Å²) in [6.07, 6.45) is 0. The van der Waals surface area contributed by atoms with Crippen molar-refractivity contribution in [3.63, 3.8) is 0 Å². The normalized spacial score (nSPS) is 16.1. The fraction of sp³-hybridized carbons (Fsp3) is 0.308. The van der Waals surface area contributed by atoms with Gasteiger partial charge in [-0.3, -0.25) is 15.0 Å². The third kappa shape index (κ3) is 8.98. The summed E-state index contributed by atoms with van der Waals surface area (Å²) in [5, 5.41) is 3.21. The zero-order valence-corrected chi connectivity index (χ0v) is 29.7. The molecular weight excluding hydrogens is 659 g/mol. The van der Waals surface area contributed by atoms with E-state index < -0.39 is 36.8 Å². The summed E-state index contributed by atoms with van der Waals surface area (Å²) in [6.45, 7) is 2.87. The fourth-order valence-electron chi connectivity index (χ4n) is 4.82. The van der Waals surface area contributed by atoms with Gasteiger partial charge in [0.1, 0.15) is 0 Å². The molecule has 0 aliphatic carbocycles. The minimum absolute atomic E-state index is 0.0600. The van der Waals surface area contributed by atoms with Crippen molar-refractivity contribution in [1.82, 2.24) is 15.0 Å². The first kappa shape index (κ1) is 24.3. The molecule has 0 spiro atoms. The molecule has 0 saturated carbocycles. The summed E-state index contributed by atoms with van der Waals surface area (Å²) in [7, 11) is 0. The smallest absolute Gasteiger partial charge is 0.0708 e. The Morgan fingerprint density at radius 3 is 1.31 bits per heavy atom. The van der Waals surface area contributed by atoms with Crippen LogP contribution in [0.2, 0.25) is 15.1 Å². The van der Waals surface area contributed by atoms with Crippen molar-refractivity contribution < 1.29 is 15.1 Å². The highest BCUT2D eigenvalue weighted by Gasteiger charge is 2.21. The lowest BCUT2D eigenvalue weighted by atomic mass is 9.90. The van der Waals surface area contributed by atoms with Gasteiger partial charge in [-0.2, -0.15) is 0 Å². The zero-order chi connectivity index (χ0) is 45.0. The first-order valence-electron chi connectivity index (χ1n) is 20.3. The molecular formula is C39H45Cl3N6. The molecule has 6 N–H and O–H groups in total. The number of halogens is 3. The number of hydrogen-bond acceptors (Lipinski definition) is 6. The summed E-state index contributed by atoms with van der Waals surface area (Å²) in [5.74, 6) is 0. The summed E-state index contributed by atoms with van der Waals surface area (Å²) in [5.41, 5.74) is 17.7. The number of rotatable bonds is 0. The Kier molecular flexibility index (Phi) is 7.07. The van der Waals surface area contributed by atoms with Crippen molar-refractivity contribution in [3.8, 4) is 0 Å². The Morgan fingerprint density at radius 2 is 0.854 bits per heavy atom. The second-order valence-electron chi connectivity index (χ2n) is 13.0. The van der Waals surface area contributed by atoms with E-state index in [1.54, 1.807) is 102 Å². The van der Waals surface area contributed by atoms with Crippen LogP contribution in [0.5, 0.6) is 0 Å². The van der Waals surface area contributed by atoms with Crippen LogP contribution < -0.4 is 17.2 Å². The van der Waals surface area contributed by atoms with E-state index in [0.717, 1.165) is 5.39 Å². The summed E-state index contributed by atoms with van der Waals surface area (Å²) < 4.78 is 84.7. The fourth-order valence-corrected chi connectivity index (χ4v) is 5.34. The summed E-state index contributed by atoms with van der Waals surface area (Å²) >= 11 is 17.7. The maximum absolute atomic E-state index is 8.10. The van der Waals surface area contributed by atoms with E-state index in [0.29, 0.717) is 59.5 Å². The molecule has 0 fully saturated rings. The second-order valence-corrected chi connectivity index (χ2v) is 14.2. The number of hydrogen-bond donors (Lipinski definition) is 3. The molecule has 6 rings (SSSR count). The van der Waals surface area contributed by atoms with Gasteiger partial charge in [-0.05, 0) is 72.7 Å². The predicted octanol–water partition coefficient (Wildman–Crippen LogP) is 11.3. The lowest BCUT2D eigenvalue weighted by Crippen LogP contribution is -2.16. The van der Waals surface area contributed by atoms with Gasteiger partial charge in [0, 0.05) is 59.8 Å². The number of pyridine rings is 3. The van der Waals surface area contributed by atoms with E-state index in [1.807, 2.05) is 0 Å². The topological polar surface area (TPSA) is 117 Å². The van der Waals surface area contributed by atoms with E-state index >= 15 is 0 Å². The highest BCUT2D eigenvalue weighted by molar-refractivity contribution is 6.32. The maximum atomic E-state index is 8.10. The van der Waals surface area contributed by atoms with Crippen LogP contribution in [0.25, 0.3) is 32.7 Å². The molecule has 0 bridgehead atoms. The largest absolute Gasteiger partial charge is 0.397 e. The average molecular weight is 715 g/mol. The van der Waals surface area contributed by atoms with Gasteiger partial charge in [-0.25, -0.2) is 0 Å². The molecule has 6 aromatic rings. The summed E-state index contributed by atoms with van der Waals surface area (Å²) in [6, 6.07) is 16.9. The number of fused-ring (bicyclic) bond motifs is 3. The van der Waals surface area contributed by atoms with Crippen molar-refractivity contribution in [2.75, 3.05) is 17.2 Å². The van der Waals surface area contributed by atoms with Crippen LogP contribution in [0.15, 0.2) is 72.7 Å². The van der Waals surface area contributed by atoms with Crippen LogP contribution in [0, 0.1) is 0 Å². The first-order valence-corrected chi connectivity index (χ1v) is 15.9. The van der Waals surface area contributed by atoms with Gasteiger partial charge in [0.25, 0.3) is 0 Å². The van der Waals surface area contributed by atoms with Gasteiger partial charge < -0.3 is 17.2 Å². The standard InChI is InChI=1S/3C13H15ClN2/c3*1-13(2,3)12-10(15)7-8-6-9(14)4-5-11(8)16-12/h3*4-7H,15H2,1-3H3/i1D3,7D;1D3,6D;1D3. The Bertz CT molecular complexity index is 2540. The molecule has 6 nitrogen and oxygen atoms in total. The molecule has 48 heavy (non-hydrogen) atoms. The Morgan fingerprint density at radius 1 is 0.500 bits per heavy atom. The van der Waals surface area contributed by atoms with Gasteiger partial charge in [0.05, 0.1) is 53.4 Å². The highest BCUT2D eigenvalue weighted by Crippen LogP contribution is 2.32. The molecule has 0 amide bonds. The minimum Gasteiger partial charge on any atom is -0.397 e. The van der Waals surface area contributed by atoms with E-state index in [-0.39, 0.29) is 29.2 Å². The Balaban J connectivity index is 0.000000196. The van der Waals surface area contributed by atoms with Crippen LogP contribution in [-0.4, -0.2) is 15.0 Å². The van der Waals surface area contributed by atoms with Crippen molar-refractivity contribution in [2.24, 2.45) is 0 Å². The molecule has 3 aromatic carbocycles. The van der Waals surface area contributed by atoms with E-state index in [1.165, 1.54) is 0 Å². The monoisotopic (exact) mass is 713 g/mol. The summed E-state index contributed by atoms with van der Waals surface area (Å²) in [4.78, 5) is 13.1. The van der Waals surface area contributed by atoms with Gasteiger partial charge in [0.15, 0.2) is 0 Å². The van der Waals surface area contributed by atoms with Crippen molar-refractivity contribution in [2.45, 2.75) is 78.3 Å². The van der Waals surface area contributed by atoms with Crippen molar-refractivity contribution >= 4 is 84.6 Å². The van der Waals surface area contributed by atoms with E-state index in [4.69, 9.17) is 67.1 Å². The lowest BCUT2D eigenvalue weighted by molar-refractivity contribution is 0.574. The number of benzene rings is 3. The van der Waals surface area contributed by atoms with Crippen LogP contribution >= 0.6 is 34.8 Å². The molecule has 9 heteroatoms. The molecule has 3 heterocycles. The zero-order valence-electron chi connectivity index (χ0n) is 38.5. The number of nitrogens with zero attached hydrogens (tertiary/aromatic N) is 3. The van der Waals surface area contributed by atoms with Crippen LogP contribution in [0.3, 0.4) is 0 Å². The number of nitrogen functional groups attached to an aromatic ring is 3. The quantitative estimate of drug-likeness (QED) is 0.144. The third-order valence-corrected chi connectivity index (χ3v) is 7.71. The highest BCUT2D eigenvalue weighted by atomic mass is 35.5. The van der Waals surface area contributed by atoms with Gasteiger partial charge >= 0.3 is 0 Å². The molecule has 252 valence electrons. The lowest BCUT2D eigenvalue weighted by Gasteiger charge is -2.20. The second kappa shape index (κ2) is 13.9. The van der Waals surface area contributed by atoms with Gasteiger partial charge in [-0.1, -0.05) is 96.9 Å². The molecule has 0 unspecified atom stereocenters. The Hall–Kier alpha value is -3.84. The molecule has 0 atom stereocenters. The molecule has 0 aliphatic heterocycles. The SMILES string of the molecule is [2H]C([2H])([2H])C(C)(C)c1nc2ccc(Cl)cc2cc1N.[2H]c1c(Cl)ccc2nc(C(C)(C)C([2H])([2H])[2H])c(N)cc12.[2H]c1c(N)c(C(C)(C)C([2H])([2H])[2H])nc2ccc(Cl)cc12.